The van der Waals surface area contributed by atoms with Crippen molar-refractivity contribution in [3.05, 3.63) is 24.3 Å². The number of hydrogen-bond donors (Lipinski definition) is 2. The first-order chi connectivity index (χ1) is 8.99. The zero-order valence-electron chi connectivity index (χ0n) is 10.6. The van der Waals surface area contributed by atoms with Crippen molar-refractivity contribution in [1.82, 2.24) is 19.7 Å². The highest BCUT2D eigenvalue weighted by molar-refractivity contribution is 5.92. The Labute approximate surface area is 109 Å². The standard InChI is InChI=1S/C11H14N6O2/c1-6(2)19-11-8(12)10(14-5-15-11)17-4-7(3-16-17)9(13)18/h3-6H,12H2,1-2H3,(H2,13,18). The lowest BCUT2D eigenvalue weighted by Crippen LogP contribution is -2.12. The molecule has 0 aliphatic heterocycles. The van der Waals surface area contributed by atoms with E-state index >= 15 is 0 Å². The molecule has 0 fully saturated rings. The SMILES string of the molecule is CC(C)Oc1ncnc(-n2cc(C(N)=O)cn2)c1N. The van der Waals surface area contributed by atoms with Crippen molar-refractivity contribution in [2.24, 2.45) is 5.73 Å². The summed E-state index contributed by atoms with van der Waals surface area (Å²) in [5.74, 6) is 0.0341. The molecule has 8 heteroatoms. The van der Waals surface area contributed by atoms with Gasteiger partial charge in [-0.2, -0.15) is 10.1 Å². The Balaban J connectivity index is 2.41. The number of hydrogen-bond acceptors (Lipinski definition) is 6. The third-order valence-electron chi connectivity index (χ3n) is 2.26. The predicted molar refractivity (Wildman–Crippen MR) is 67.8 cm³/mol. The van der Waals surface area contributed by atoms with Gasteiger partial charge in [0.2, 0.25) is 5.88 Å². The first-order valence-electron chi connectivity index (χ1n) is 5.61. The molecule has 2 rings (SSSR count). The number of anilines is 1. The van der Waals surface area contributed by atoms with Gasteiger partial charge in [-0.1, -0.05) is 0 Å². The van der Waals surface area contributed by atoms with Crippen molar-refractivity contribution in [2.45, 2.75) is 20.0 Å². The van der Waals surface area contributed by atoms with Crippen LogP contribution in [0.5, 0.6) is 5.88 Å². The fourth-order valence-corrected chi connectivity index (χ4v) is 1.44. The molecule has 2 heterocycles. The number of nitrogens with two attached hydrogens (primary N) is 2. The van der Waals surface area contributed by atoms with Crippen LogP contribution in [0.3, 0.4) is 0 Å². The molecule has 19 heavy (non-hydrogen) atoms. The maximum Gasteiger partial charge on any atom is 0.251 e. The zero-order valence-corrected chi connectivity index (χ0v) is 10.6. The Morgan fingerprint density at radius 2 is 2.16 bits per heavy atom. The second kappa shape index (κ2) is 4.92. The van der Waals surface area contributed by atoms with Gasteiger partial charge in [-0.05, 0) is 13.8 Å². The number of aromatic nitrogens is 4. The van der Waals surface area contributed by atoms with Gasteiger partial charge < -0.3 is 16.2 Å². The molecule has 0 atom stereocenters. The van der Waals surface area contributed by atoms with E-state index in [0.717, 1.165) is 0 Å². The lowest BCUT2D eigenvalue weighted by Gasteiger charge is -2.12. The molecular weight excluding hydrogens is 248 g/mol. The average molecular weight is 262 g/mol. The molecule has 0 aromatic carbocycles. The Kier molecular flexibility index (Phi) is 3.32. The molecule has 0 aliphatic rings. The van der Waals surface area contributed by atoms with E-state index in [-0.39, 0.29) is 23.2 Å². The van der Waals surface area contributed by atoms with E-state index in [2.05, 4.69) is 15.1 Å². The molecule has 0 saturated heterocycles. The van der Waals surface area contributed by atoms with Crippen molar-refractivity contribution in [1.29, 1.82) is 0 Å². The van der Waals surface area contributed by atoms with Gasteiger partial charge >= 0.3 is 0 Å². The number of primary amides is 1. The van der Waals surface area contributed by atoms with Gasteiger partial charge in [-0.25, -0.2) is 9.67 Å². The van der Waals surface area contributed by atoms with E-state index in [1.165, 1.54) is 23.4 Å². The van der Waals surface area contributed by atoms with Gasteiger partial charge in [0.05, 0.1) is 17.9 Å². The number of amides is 1. The van der Waals surface area contributed by atoms with Crippen LogP contribution >= 0.6 is 0 Å². The Morgan fingerprint density at radius 3 is 2.74 bits per heavy atom. The third kappa shape index (κ3) is 2.62. The van der Waals surface area contributed by atoms with Gasteiger partial charge in [-0.15, -0.1) is 0 Å². The fraction of sp³-hybridized carbons (Fsp3) is 0.273. The summed E-state index contributed by atoms with van der Waals surface area (Å²) in [5, 5.41) is 3.98. The van der Waals surface area contributed by atoms with Crippen LogP contribution in [0, 0.1) is 0 Å². The molecule has 1 amide bonds. The number of ether oxygens (including phenoxy) is 1. The average Bonchev–Trinajstić information content (AvgIpc) is 2.80. The molecule has 0 spiro atoms. The number of nitrogens with zero attached hydrogens (tertiary/aromatic N) is 4. The molecule has 0 saturated carbocycles. The lowest BCUT2D eigenvalue weighted by atomic mass is 10.3. The van der Waals surface area contributed by atoms with Gasteiger partial charge in [-0.3, -0.25) is 4.79 Å². The highest BCUT2D eigenvalue weighted by atomic mass is 16.5. The molecule has 0 bridgehead atoms. The first-order valence-corrected chi connectivity index (χ1v) is 5.61. The summed E-state index contributed by atoms with van der Waals surface area (Å²) in [4.78, 5) is 19.0. The van der Waals surface area contributed by atoms with Gasteiger partial charge in [0.25, 0.3) is 5.91 Å². The minimum absolute atomic E-state index is 0.0659. The fourth-order valence-electron chi connectivity index (χ4n) is 1.44. The topological polar surface area (TPSA) is 122 Å². The number of carbonyl (C=O) groups excluding carboxylic acids is 1. The second-order valence-electron chi connectivity index (χ2n) is 4.12. The second-order valence-corrected chi connectivity index (χ2v) is 4.12. The maximum atomic E-state index is 11.0. The minimum atomic E-state index is -0.572. The van der Waals surface area contributed by atoms with Crippen LogP contribution in [-0.2, 0) is 0 Å². The van der Waals surface area contributed by atoms with Crippen LogP contribution in [0.15, 0.2) is 18.7 Å². The van der Waals surface area contributed by atoms with Crippen LogP contribution in [0.1, 0.15) is 24.2 Å². The van der Waals surface area contributed by atoms with Crippen LogP contribution < -0.4 is 16.2 Å². The molecule has 2 aromatic heterocycles. The maximum absolute atomic E-state index is 11.0. The molecule has 0 radical (unpaired) electrons. The Morgan fingerprint density at radius 1 is 1.42 bits per heavy atom. The van der Waals surface area contributed by atoms with Crippen molar-refractivity contribution < 1.29 is 9.53 Å². The zero-order chi connectivity index (χ0) is 14.0. The van der Waals surface area contributed by atoms with Gasteiger partial charge in [0, 0.05) is 6.20 Å². The quantitative estimate of drug-likeness (QED) is 0.807. The van der Waals surface area contributed by atoms with Crippen LogP contribution in [0.4, 0.5) is 5.69 Å². The monoisotopic (exact) mass is 262 g/mol. The summed E-state index contributed by atoms with van der Waals surface area (Å²) in [7, 11) is 0. The van der Waals surface area contributed by atoms with Gasteiger partial charge in [0.15, 0.2) is 5.82 Å². The third-order valence-corrected chi connectivity index (χ3v) is 2.26. The normalized spacial score (nSPS) is 10.7. The van der Waals surface area contributed by atoms with E-state index in [0.29, 0.717) is 5.82 Å². The molecule has 4 N–H and O–H groups in total. The highest BCUT2D eigenvalue weighted by Crippen LogP contribution is 2.24. The van der Waals surface area contributed by atoms with E-state index < -0.39 is 5.91 Å². The Hall–Kier alpha value is -2.64. The van der Waals surface area contributed by atoms with E-state index in [1.807, 2.05) is 13.8 Å². The van der Waals surface area contributed by atoms with E-state index in [1.54, 1.807) is 0 Å². The first kappa shape index (κ1) is 12.8. The lowest BCUT2D eigenvalue weighted by molar-refractivity contribution is 0.100. The van der Waals surface area contributed by atoms with Gasteiger partial charge in [0.1, 0.15) is 12.0 Å². The largest absolute Gasteiger partial charge is 0.473 e. The summed E-state index contributed by atoms with van der Waals surface area (Å²) in [6.07, 6.45) is 4.03. The predicted octanol–water partition coefficient (Wildman–Crippen LogP) is 0.131. The highest BCUT2D eigenvalue weighted by Gasteiger charge is 2.14. The molecule has 8 nitrogen and oxygen atoms in total. The van der Waals surface area contributed by atoms with Crippen LogP contribution in [0.25, 0.3) is 5.82 Å². The number of nitrogen functional groups attached to an aromatic ring is 1. The summed E-state index contributed by atoms with van der Waals surface area (Å²) in [6, 6.07) is 0. The van der Waals surface area contributed by atoms with Crippen LogP contribution in [0.2, 0.25) is 0 Å². The van der Waals surface area contributed by atoms with E-state index in [4.69, 9.17) is 16.2 Å². The molecule has 100 valence electrons. The minimum Gasteiger partial charge on any atom is -0.473 e. The van der Waals surface area contributed by atoms with Crippen molar-refractivity contribution in [3.63, 3.8) is 0 Å². The summed E-state index contributed by atoms with van der Waals surface area (Å²) >= 11 is 0. The van der Waals surface area contributed by atoms with Crippen molar-refractivity contribution >= 4 is 11.6 Å². The summed E-state index contributed by atoms with van der Waals surface area (Å²) in [5.41, 5.74) is 11.6. The number of carbonyl (C=O) groups is 1. The van der Waals surface area contributed by atoms with E-state index in [9.17, 15) is 4.79 Å². The summed E-state index contributed by atoms with van der Waals surface area (Å²) in [6.45, 7) is 3.72. The molecule has 0 unspecified atom stereocenters. The molecule has 0 aliphatic carbocycles. The molecule has 2 aromatic rings. The number of rotatable bonds is 4. The summed E-state index contributed by atoms with van der Waals surface area (Å²) < 4.78 is 6.80. The Bertz CT molecular complexity index is 607. The van der Waals surface area contributed by atoms with Crippen molar-refractivity contribution in [2.75, 3.05) is 5.73 Å². The molecular formula is C11H14N6O2. The van der Waals surface area contributed by atoms with Crippen molar-refractivity contribution in [3.8, 4) is 11.7 Å². The van der Waals surface area contributed by atoms with Crippen LogP contribution in [-0.4, -0.2) is 31.8 Å². The smallest absolute Gasteiger partial charge is 0.251 e.